The predicted octanol–water partition coefficient (Wildman–Crippen LogP) is -0.0886. The molecule has 1 amide bonds. The van der Waals surface area contributed by atoms with Gasteiger partial charge in [-0.05, 0) is 6.42 Å². The van der Waals surface area contributed by atoms with Crippen LogP contribution in [0.2, 0.25) is 0 Å². The molecule has 0 aliphatic carbocycles. The van der Waals surface area contributed by atoms with Crippen LogP contribution in [-0.4, -0.2) is 25.7 Å². The van der Waals surface area contributed by atoms with Crippen molar-refractivity contribution in [2.75, 3.05) is 13.7 Å². The van der Waals surface area contributed by atoms with Crippen molar-refractivity contribution in [1.82, 2.24) is 5.32 Å². The van der Waals surface area contributed by atoms with E-state index in [1.165, 1.54) is 0 Å². The normalized spacial score (nSPS) is 26.3. The zero-order valence-electron chi connectivity index (χ0n) is 5.52. The minimum atomic E-state index is 0.150. The molecule has 3 nitrogen and oxygen atoms in total. The van der Waals surface area contributed by atoms with E-state index in [1.54, 1.807) is 7.11 Å². The number of amides is 1. The lowest BCUT2D eigenvalue weighted by molar-refractivity contribution is -0.119. The average molecular weight is 129 g/mol. The second kappa shape index (κ2) is 2.82. The van der Waals surface area contributed by atoms with Gasteiger partial charge in [0.15, 0.2) is 0 Å². The molecule has 3 heteroatoms. The standard InChI is InChI=1S/C6H11NO2/c1-9-4-5-2-3-6(8)7-5/h5H,2-4H2,1H3,(H,7,8)/t5-/m0/s1. The number of rotatable bonds is 2. The zero-order chi connectivity index (χ0) is 6.69. The summed E-state index contributed by atoms with van der Waals surface area (Å²) in [7, 11) is 1.64. The Kier molecular flexibility index (Phi) is 2.05. The highest BCUT2D eigenvalue weighted by Crippen LogP contribution is 2.05. The predicted molar refractivity (Wildman–Crippen MR) is 33.0 cm³/mol. The number of ether oxygens (including phenoxy) is 1. The maximum Gasteiger partial charge on any atom is 0.220 e. The van der Waals surface area contributed by atoms with Gasteiger partial charge in [-0.1, -0.05) is 0 Å². The van der Waals surface area contributed by atoms with Crippen molar-refractivity contribution >= 4 is 5.91 Å². The molecule has 0 bridgehead atoms. The van der Waals surface area contributed by atoms with Crippen molar-refractivity contribution in [2.45, 2.75) is 18.9 Å². The summed E-state index contributed by atoms with van der Waals surface area (Å²) in [5.41, 5.74) is 0. The molecule has 1 rings (SSSR count). The van der Waals surface area contributed by atoms with Crippen molar-refractivity contribution in [3.63, 3.8) is 0 Å². The molecule has 52 valence electrons. The van der Waals surface area contributed by atoms with E-state index in [9.17, 15) is 4.79 Å². The van der Waals surface area contributed by atoms with Gasteiger partial charge < -0.3 is 10.1 Å². The Morgan fingerprint density at radius 2 is 2.67 bits per heavy atom. The minimum absolute atomic E-state index is 0.150. The monoisotopic (exact) mass is 129 g/mol. The van der Waals surface area contributed by atoms with Crippen LogP contribution in [0.25, 0.3) is 0 Å². The summed E-state index contributed by atoms with van der Waals surface area (Å²) < 4.78 is 4.86. The molecule has 1 N–H and O–H groups in total. The third-order valence-electron chi connectivity index (χ3n) is 1.45. The molecule has 1 aliphatic heterocycles. The number of hydrogen-bond donors (Lipinski definition) is 1. The van der Waals surface area contributed by atoms with E-state index in [4.69, 9.17) is 4.74 Å². The molecule has 0 saturated carbocycles. The Balaban J connectivity index is 2.22. The molecule has 1 saturated heterocycles. The molecule has 1 atom stereocenters. The summed E-state index contributed by atoms with van der Waals surface area (Å²) in [5, 5.41) is 2.79. The lowest BCUT2D eigenvalue weighted by Gasteiger charge is -2.05. The van der Waals surface area contributed by atoms with Crippen LogP contribution in [0.3, 0.4) is 0 Å². The number of hydrogen-bond acceptors (Lipinski definition) is 2. The number of nitrogens with one attached hydrogen (secondary N) is 1. The first-order chi connectivity index (χ1) is 4.33. The number of carbonyl (C=O) groups is 1. The van der Waals surface area contributed by atoms with Crippen LogP contribution >= 0.6 is 0 Å². The van der Waals surface area contributed by atoms with Crippen molar-refractivity contribution < 1.29 is 9.53 Å². The van der Waals surface area contributed by atoms with Crippen molar-refractivity contribution in [3.8, 4) is 0 Å². The summed E-state index contributed by atoms with van der Waals surface area (Å²) in [6.45, 7) is 0.645. The molecule has 9 heavy (non-hydrogen) atoms. The van der Waals surface area contributed by atoms with E-state index >= 15 is 0 Å². The second-order valence-electron chi connectivity index (χ2n) is 2.26. The summed E-state index contributed by atoms with van der Waals surface area (Å²) in [5.74, 6) is 0.150. The lowest BCUT2D eigenvalue weighted by Crippen LogP contribution is -2.29. The molecule has 0 unspecified atom stereocenters. The van der Waals surface area contributed by atoms with E-state index in [0.29, 0.717) is 13.0 Å². The molecule has 0 aromatic heterocycles. The third-order valence-corrected chi connectivity index (χ3v) is 1.45. The molecule has 0 aromatic rings. The van der Waals surface area contributed by atoms with Crippen LogP contribution in [0.1, 0.15) is 12.8 Å². The van der Waals surface area contributed by atoms with E-state index in [1.807, 2.05) is 0 Å². The number of carbonyl (C=O) groups excluding carboxylic acids is 1. The van der Waals surface area contributed by atoms with E-state index < -0.39 is 0 Å². The average Bonchev–Trinajstić information content (AvgIpc) is 2.17. The fourth-order valence-corrected chi connectivity index (χ4v) is 1.00. The fourth-order valence-electron chi connectivity index (χ4n) is 1.00. The number of methoxy groups -OCH3 is 1. The first-order valence-electron chi connectivity index (χ1n) is 3.11. The van der Waals surface area contributed by atoms with E-state index in [0.717, 1.165) is 6.42 Å². The van der Waals surface area contributed by atoms with E-state index in [2.05, 4.69) is 5.32 Å². The Labute approximate surface area is 54.4 Å². The molecular formula is C6H11NO2. The SMILES string of the molecule is COC[C@@H]1CCC(=O)N1. The zero-order valence-corrected chi connectivity index (χ0v) is 5.52. The Hall–Kier alpha value is -0.570. The van der Waals surface area contributed by atoms with Crippen LogP contribution in [-0.2, 0) is 9.53 Å². The maximum absolute atomic E-state index is 10.6. The Morgan fingerprint density at radius 3 is 3.11 bits per heavy atom. The van der Waals surface area contributed by atoms with Gasteiger partial charge in [0.2, 0.25) is 5.91 Å². The van der Waals surface area contributed by atoms with Crippen LogP contribution in [0, 0.1) is 0 Å². The van der Waals surface area contributed by atoms with Crippen molar-refractivity contribution in [3.05, 3.63) is 0 Å². The van der Waals surface area contributed by atoms with Gasteiger partial charge in [0.05, 0.1) is 12.6 Å². The van der Waals surface area contributed by atoms with Crippen molar-refractivity contribution in [2.24, 2.45) is 0 Å². The van der Waals surface area contributed by atoms with Crippen LogP contribution in [0.15, 0.2) is 0 Å². The quantitative estimate of drug-likeness (QED) is 0.566. The maximum atomic E-state index is 10.6. The van der Waals surface area contributed by atoms with Gasteiger partial charge in [-0.3, -0.25) is 4.79 Å². The molecule has 1 aliphatic rings. The Bertz CT molecular complexity index is 114. The van der Waals surface area contributed by atoms with Gasteiger partial charge in [-0.2, -0.15) is 0 Å². The molecule has 1 fully saturated rings. The minimum Gasteiger partial charge on any atom is -0.383 e. The lowest BCUT2D eigenvalue weighted by atomic mass is 10.2. The van der Waals surface area contributed by atoms with Crippen LogP contribution in [0.5, 0.6) is 0 Å². The molecular weight excluding hydrogens is 118 g/mol. The van der Waals surface area contributed by atoms with Gasteiger partial charge in [0.1, 0.15) is 0 Å². The fraction of sp³-hybridized carbons (Fsp3) is 0.833. The molecule has 0 aromatic carbocycles. The van der Waals surface area contributed by atoms with Gasteiger partial charge in [0.25, 0.3) is 0 Å². The molecule has 0 spiro atoms. The summed E-state index contributed by atoms with van der Waals surface area (Å²) in [6.07, 6.45) is 1.58. The largest absolute Gasteiger partial charge is 0.383 e. The highest BCUT2D eigenvalue weighted by atomic mass is 16.5. The second-order valence-corrected chi connectivity index (χ2v) is 2.26. The van der Waals surface area contributed by atoms with Crippen LogP contribution in [0.4, 0.5) is 0 Å². The summed E-state index contributed by atoms with van der Waals surface area (Å²) in [4.78, 5) is 10.6. The molecule has 1 heterocycles. The highest BCUT2D eigenvalue weighted by molar-refractivity contribution is 5.78. The first-order valence-corrected chi connectivity index (χ1v) is 3.11. The van der Waals surface area contributed by atoms with Gasteiger partial charge in [-0.25, -0.2) is 0 Å². The smallest absolute Gasteiger partial charge is 0.220 e. The molecule has 0 radical (unpaired) electrons. The summed E-state index contributed by atoms with van der Waals surface area (Å²) in [6, 6.07) is 0.266. The van der Waals surface area contributed by atoms with E-state index in [-0.39, 0.29) is 11.9 Å². The van der Waals surface area contributed by atoms with Crippen molar-refractivity contribution in [1.29, 1.82) is 0 Å². The third kappa shape index (κ3) is 1.68. The first kappa shape index (κ1) is 6.55. The topological polar surface area (TPSA) is 38.3 Å². The van der Waals surface area contributed by atoms with Gasteiger partial charge in [-0.15, -0.1) is 0 Å². The highest BCUT2D eigenvalue weighted by Gasteiger charge is 2.19. The van der Waals surface area contributed by atoms with Gasteiger partial charge >= 0.3 is 0 Å². The van der Waals surface area contributed by atoms with Gasteiger partial charge in [0, 0.05) is 13.5 Å². The Morgan fingerprint density at radius 1 is 1.89 bits per heavy atom. The summed E-state index contributed by atoms with van der Waals surface area (Å²) >= 11 is 0. The van der Waals surface area contributed by atoms with Crippen LogP contribution < -0.4 is 5.32 Å².